The molecule has 3 unspecified atom stereocenters. The molecule has 0 radical (unpaired) electrons. The van der Waals surface area contributed by atoms with Gasteiger partial charge in [0, 0.05) is 25.2 Å². The summed E-state index contributed by atoms with van der Waals surface area (Å²) in [5, 5.41) is 6.59. The molecular formula is C16H33N3O. The van der Waals surface area contributed by atoms with Crippen LogP contribution in [0.3, 0.4) is 0 Å². The number of piperidine rings is 1. The average Bonchev–Trinajstić information content (AvgIpc) is 2.50. The van der Waals surface area contributed by atoms with Crippen LogP contribution < -0.4 is 10.6 Å². The average molecular weight is 283 g/mol. The molecule has 1 rings (SSSR count). The Balaban J connectivity index is 2.54. The van der Waals surface area contributed by atoms with Crippen LogP contribution in [0.5, 0.6) is 0 Å². The van der Waals surface area contributed by atoms with Gasteiger partial charge in [0.25, 0.3) is 0 Å². The number of hydrogen-bond acceptors (Lipinski definition) is 3. The lowest BCUT2D eigenvalue weighted by Crippen LogP contribution is -2.55. The van der Waals surface area contributed by atoms with Gasteiger partial charge in [-0.05, 0) is 39.2 Å². The van der Waals surface area contributed by atoms with Crippen molar-refractivity contribution in [2.24, 2.45) is 5.92 Å². The van der Waals surface area contributed by atoms with Crippen LogP contribution in [0.2, 0.25) is 0 Å². The third-order valence-corrected chi connectivity index (χ3v) is 4.92. The van der Waals surface area contributed by atoms with Gasteiger partial charge in [0.15, 0.2) is 0 Å². The molecule has 0 bridgehead atoms. The lowest BCUT2D eigenvalue weighted by atomic mass is 9.89. The molecule has 3 atom stereocenters. The first kappa shape index (κ1) is 17.4. The van der Waals surface area contributed by atoms with Gasteiger partial charge in [-0.25, -0.2) is 0 Å². The first-order valence-corrected chi connectivity index (χ1v) is 8.28. The standard InChI is InChI=1S/C16H33N3O/c1-6-13-11-19(10-9-15(13)17-5)12(4)16(20)18-14(7-2)8-3/h12-15,17H,6-11H2,1-5H3,(H,18,20). The van der Waals surface area contributed by atoms with Crippen LogP contribution in [-0.2, 0) is 4.79 Å². The van der Waals surface area contributed by atoms with Gasteiger partial charge in [-0.1, -0.05) is 27.2 Å². The summed E-state index contributed by atoms with van der Waals surface area (Å²) in [7, 11) is 2.05. The third kappa shape index (κ3) is 4.45. The van der Waals surface area contributed by atoms with Crippen molar-refractivity contribution in [2.75, 3.05) is 20.1 Å². The van der Waals surface area contributed by atoms with Gasteiger partial charge in [0.05, 0.1) is 6.04 Å². The number of nitrogens with one attached hydrogen (secondary N) is 2. The highest BCUT2D eigenvalue weighted by Crippen LogP contribution is 2.21. The number of hydrogen-bond donors (Lipinski definition) is 2. The molecule has 0 spiro atoms. The highest BCUT2D eigenvalue weighted by atomic mass is 16.2. The van der Waals surface area contributed by atoms with Crippen molar-refractivity contribution in [3.05, 3.63) is 0 Å². The summed E-state index contributed by atoms with van der Waals surface area (Å²) in [6.45, 7) is 10.6. The molecule has 0 saturated carbocycles. The summed E-state index contributed by atoms with van der Waals surface area (Å²) in [4.78, 5) is 14.7. The van der Waals surface area contributed by atoms with Crippen LogP contribution in [0, 0.1) is 5.92 Å². The zero-order chi connectivity index (χ0) is 15.1. The molecule has 1 saturated heterocycles. The predicted octanol–water partition coefficient (Wildman–Crippen LogP) is 2.00. The van der Waals surface area contributed by atoms with E-state index in [2.05, 4.69) is 36.3 Å². The second-order valence-corrected chi connectivity index (χ2v) is 6.05. The second kappa shape index (κ2) is 8.63. The second-order valence-electron chi connectivity index (χ2n) is 6.05. The molecule has 1 aliphatic heterocycles. The Morgan fingerprint density at radius 2 is 1.95 bits per heavy atom. The van der Waals surface area contributed by atoms with Crippen LogP contribution in [0.25, 0.3) is 0 Å². The number of likely N-dealkylation sites (tertiary alicyclic amines) is 1. The van der Waals surface area contributed by atoms with Crippen molar-refractivity contribution in [2.45, 2.75) is 71.5 Å². The lowest BCUT2D eigenvalue weighted by Gasteiger charge is -2.40. The van der Waals surface area contributed by atoms with Crippen LogP contribution >= 0.6 is 0 Å². The van der Waals surface area contributed by atoms with Gasteiger partial charge in [0.1, 0.15) is 0 Å². The summed E-state index contributed by atoms with van der Waals surface area (Å²) in [6.07, 6.45) is 4.32. The zero-order valence-electron chi connectivity index (χ0n) is 13.9. The van der Waals surface area contributed by atoms with Crippen LogP contribution in [-0.4, -0.2) is 49.1 Å². The fraction of sp³-hybridized carbons (Fsp3) is 0.938. The highest BCUT2D eigenvalue weighted by molar-refractivity contribution is 5.81. The van der Waals surface area contributed by atoms with E-state index in [1.165, 1.54) is 6.42 Å². The molecular weight excluding hydrogens is 250 g/mol. The third-order valence-electron chi connectivity index (χ3n) is 4.92. The van der Waals surface area contributed by atoms with Gasteiger partial charge in [0.2, 0.25) is 5.91 Å². The highest BCUT2D eigenvalue weighted by Gasteiger charge is 2.31. The van der Waals surface area contributed by atoms with E-state index in [4.69, 9.17) is 0 Å². The van der Waals surface area contributed by atoms with Crippen molar-refractivity contribution in [3.8, 4) is 0 Å². The first-order valence-electron chi connectivity index (χ1n) is 8.28. The summed E-state index contributed by atoms with van der Waals surface area (Å²) in [6, 6.07) is 0.912. The summed E-state index contributed by atoms with van der Waals surface area (Å²) >= 11 is 0. The Morgan fingerprint density at radius 1 is 1.30 bits per heavy atom. The van der Waals surface area contributed by atoms with E-state index in [0.29, 0.717) is 18.0 Å². The van der Waals surface area contributed by atoms with Crippen molar-refractivity contribution >= 4 is 5.91 Å². The fourth-order valence-electron chi connectivity index (χ4n) is 3.19. The van der Waals surface area contributed by atoms with Crippen molar-refractivity contribution in [1.82, 2.24) is 15.5 Å². The van der Waals surface area contributed by atoms with E-state index in [1.54, 1.807) is 0 Å². The molecule has 1 fully saturated rings. The predicted molar refractivity (Wildman–Crippen MR) is 84.8 cm³/mol. The maximum Gasteiger partial charge on any atom is 0.237 e. The van der Waals surface area contributed by atoms with E-state index in [-0.39, 0.29) is 11.9 Å². The molecule has 0 aromatic rings. The topological polar surface area (TPSA) is 44.4 Å². The molecule has 0 aromatic heterocycles. The quantitative estimate of drug-likeness (QED) is 0.751. The van der Waals surface area contributed by atoms with Gasteiger partial charge in [-0.3, -0.25) is 9.69 Å². The number of rotatable bonds is 7. The van der Waals surface area contributed by atoms with E-state index >= 15 is 0 Å². The van der Waals surface area contributed by atoms with Crippen LogP contribution in [0.4, 0.5) is 0 Å². The van der Waals surface area contributed by atoms with E-state index in [0.717, 1.165) is 32.4 Å². The van der Waals surface area contributed by atoms with Crippen molar-refractivity contribution < 1.29 is 4.79 Å². The van der Waals surface area contributed by atoms with Crippen LogP contribution in [0.15, 0.2) is 0 Å². The minimum atomic E-state index is -0.0116. The molecule has 1 amide bonds. The summed E-state index contributed by atoms with van der Waals surface area (Å²) in [5.74, 6) is 0.841. The van der Waals surface area contributed by atoms with Gasteiger partial charge in [-0.15, -0.1) is 0 Å². The Kier molecular flexibility index (Phi) is 7.52. The minimum Gasteiger partial charge on any atom is -0.352 e. The molecule has 1 aliphatic rings. The normalized spacial score (nSPS) is 25.7. The number of nitrogens with zero attached hydrogens (tertiary/aromatic N) is 1. The lowest BCUT2D eigenvalue weighted by molar-refractivity contribution is -0.127. The van der Waals surface area contributed by atoms with Gasteiger partial charge >= 0.3 is 0 Å². The molecule has 4 nitrogen and oxygen atoms in total. The SMILES string of the molecule is CCC(CC)NC(=O)C(C)N1CCC(NC)C(CC)C1. The Bertz CT molecular complexity index is 291. The number of amides is 1. The van der Waals surface area contributed by atoms with E-state index in [9.17, 15) is 4.79 Å². The summed E-state index contributed by atoms with van der Waals surface area (Å²) in [5.41, 5.74) is 0. The van der Waals surface area contributed by atoms with Gasteiger partial charge < -0.3 is 10.6 Å². The minimum absolute atomic E-state index is 0.0116. The first-order chi connectivity index (χ1) is 9.57. The number of carbonyl (C=O) groups is 1. The summed E-state index contributed by atoms with van der Waals surface area (Å²) < 4.78 is 0. The van der Waals surface area contributed by atoms with Crippen molar-refractivity contribution in [3.63, 3.8) is 0 Å². The molecule has 1 heterocycles. The molecule has 0 aromatic carbocycles. The molecule has 4 heteroatoms. The fourth-order valence-corrected chi connectivity index (χ4v) is 3.19. The number of carbonyl (C=O) groups excluding carboxylic acids is 1. The maximum absolute atomic E-state index is 12.3. The Hall–Kier alpha value is -0.610. The molecule has 0 aliphatic carbocycles. The Labute approximate surface area is 124 Å². The largest absolute Gasteiger partial charge is 0.352 e. The smallest absolute Gasteiger partial charge is 0.237 e. The maximum atomic E-state index is 12.3. The Morgan fingerprint density at radius 3 is 2.45 bits per heavy atom. The van der Waals surface area contributed by atoms with Crippen molar-refractivity contribution in [1.29, 1.82) is 0 Å². The zero-order valence-corrected chi connectivity index (χ0v) is 13.9. The monoisotopic (exact) mass is 283 g/mol. The van der Waals surface area contributed by atoms with Crippen LogP contribution in [0.1, 0.15) is 53.4 Å². The molecule has 2 N–H and O–H groups in total. The van der Waals surface area contributed by atoms with E-state index in [1.807, 2.05) is 14.0 Å². The van der Waals surface area contributed by atoms with Gasteiger partial charge in [-0.2, -0.15) is 0 Å². The van der Waals surface area contributed by atoms with E-state index < -0.39 is 0 Å². The molecule has 20 heavy (non-hydrogen) atoms. The molecule has 118 valence electrons.